The standard InChI is InChI=1S/C31H41N3O5S/c1-10-21-11-13-22(14-12-21)26(27(35)32-23-15-17-24(38-8)18-16-23)34(30(2,3)4)28(36)25(19-20-40-9)33-29(37)39-31(5,6)7/h1,11-18,25-26H,19-20H2,2-9H3,(H,32,35)(H,33,37). The number of rotatable bonds is 10. The van der Waals surface area contributed by atoms with Gasteiger partial charge >= 0.3 is 6.09 Å². The number of methoxy groups -OCH3 is 1. The third-order valence-electron chi connectivity index (χ3n) is 5.82. The van der Waals surface area contributed by atoms with Crippen LogP contribution in [0.4, 0.5) is 10.5 Å². The normalized spacial score (nSPS) is 12.9. The molecule has 2 aromatic carbocycles. The molecule has 216 valence electrons. The van der Waals surface area contributed by atoms with Crippen LogP contribution in [0.5, 0.6) is 5.75 Å². The highest BCUT2D eigenvalue weighted by molar-refractivity contribution is 7.98. The summed E-state index contributed by atoms with van der Waals surface area (Å²) >= 11 is 1.56. The number of nitrogens with one attached hydrogen (secondary N) is 2. The molecule has 0 saturated carbocycles. The second-order valence-corrected chi connectivity index (χ2v) is 12.2. The second kappa shape index (κ2) is 14.1. The van der Waals surface area contributed by atoms with Crippen molar-refractivity contribution in [1.82, 2.24) is 10.2 Å². The Morgan fingerprint density at radius 2 is 1.60 bits per heavy atom. The molecule has 0 saturated heterocycles. The third kappa shape index (κ3) is 9.53. The topological polar surface area (TPSA) is 97.0 Å². The SMILES string of the molecule is C#Cc1ccc(C(C(=O)Nc2ccc(OC)cc2)N(C(=O)C(CCSC)NC(=O)OC(C)(C)C)C(C)(C)C)cc1. The number of benzene rings is 2. The molecule has 2 unspecified atom stereocenters. The molecule has 2 N–H and O–H groups in total. The fourth-order valence-corrected chi connectivity index (χ4v) is 4.49. The van der Waals surface area contributed by atoms with Gasteiger partial charge in [-0.25, -0.2) is 4.79 Å². The van der Waals surface area contributed by atoms with E-state index < -0.39 is 41.1 Å². The van der Waals surface area contributed by atoms with Crippen molar-refractivity contribution in [3.8, 4) is 18.1 Å². The maximum Gasteiger partial charge on any atom is 0.408 e. The lowest BCUT2D eigenvalue weighted by Gasteiger charge is -2.43. The number of terminal acetylenes is 1. The number of carbonyl (C=O) groups excluding carboxylic acids is 3. The summed E-state index contributed by atoms with van der Waals surface area (Å²) in [4.78, 5) is 42.5. The van der Waals surface area contributed by atoms with Gasteiger partial charge in [0.25, 0.3) is 5.91 Å². The van der Waals surface area contributed by atoms with Crippen molar-refractivity contribution in [3.63, 3.8) is 0 Å². The highest BCUT2D eigenvalue weighted by atomic mass is 32.2. The number of ether oxygens (including phenoxy) is 2. The van der Waals surface area contributed by atoms with E-state index in [1.54, 1.807) is 88.2 Å². The number of carbonyl (C=O) groups is 3. The second-order valence-electron chi connectivity index (χ2n) is 11.2. The van der Waals surface area contributed by atoms with Gasteiger partial charge in [0.1, 0.15) is 23.4 Å². The molecule has 40 heavy (non-hydrogen) atoms. The number of alkyl carbamates (subject to hydrolysis) is 1. The van der Waals surface area contributed by atoms with Gasteiger partial charge in [0, 0.05) is 16.8 Å². The van der Waals surface area contributed by atoms with Crippen LogP contribution in [0.25, 0.3) is 0 Å². The Labute approximate surface area is 242 Å². The Balaban J connectivity index is 2.57. The summed E-state index contributed by atoms with van der Waals surface area (Å²) in [7, 11) is 1.56. The molecule has 9 heteroatoms. The summed E-state index contributed by atoms with van der Waals surface area (Å²) in [5, 5.41) is 5.69. The first-order chi connectivity index (χ1) is 18.7. The van der Waals surface area contributed by atoms with Gasteiger partial charge < -0.3 is 25.0 Å². The summed E-state index contributed by atoms with van der Waals surface area (Å²) in [6.45, 7) is 10.8. The fourth-order valence-electron chi connectivity index (χ4n) is 4.02. The molecule has 2 aromatic rings. The van der Waals surface area contributed by atoms with E-state index in [0.717, 1.165) is 0 Å². The van der Waals surface area contributed by atoms with Crippen molar-refractivity contribution < 1.29 is 23.9 Å². The molecule has 0 aliphatic heterocycles. The number of hydrogen-bond acceptors (Lipinski definition) is 6. The molecule has 2 rings (SSSR count). The van der Waals surface area contributed by atoms with Crippen LogP contribution in [0.15, 0.2) is 48.5 Å². The van der Waals surface area contributed by atoms with E-state index in [1.165, 1.54) is 4.90 Å². The van der Waals surface area contributed by atoms with Crippen molar-refractivity contribution in [3.05, 3.63) is 59.7 Å². The van der Waals surface area contributed by atoms with Gasteiger partial charge in [-0.1, -0.05) is 18.1 Å². The average molecular weight is 568 g/mol. The quantitative estimate of drug-likeness (QED) is 0.361. The van der Waals surface area contributed by atoms with E-state index in [1.807, 2.05) is 27.0 Å². The van der Waals surface area contributed by atoms with Gasteiger partial charge in [-0.05, 0) is 102 Å². The Hall–Kier alpha value is -3.64. The van der Waals surface area contributed by atoms with Gasteiger partial charge in [0.2, 0.25) is 5.91 Å². The summed E-state index contributed by atoms with van der Waals surface area (Å²) in [5.41, 5.74) is 0.228. The van der Waals surface area contributed by atoms with Crippen LogP contribution in [0.1, 0.15) is 65.1 Å². The van der Waals surface area contributed by atoms with Crippen molar-refractivity contribution in [2.45, 2.75) is 71.2 Å². The predicted molar refractivity (Wildman–Crippen MR) is 161 cm³/mol. The van der Waals surface area contributed by atoms with E-state index in [-0.39, 0.29) is 0 Å². The lowest BCUT2D eigenvalue weighted by Crippen LogP contribution is -2.58. The predicted octanol–water partition coefficient (Wildman–Crippen LogP) is 5.63. The number of anilines is 1. The van der Waals surface area contributed by atoms with Gasteiger partial charge in [-0.15, -0.1) is 6.42 Å². The molecule has 0 aromatic heterocycles. The number of nitrogens with zero attached hydrogens (tertiary/aromatic N) is 1. The first-order valence-corrected chi connectivity index (χ1v) is 14.4. The number of amides is 3. The van der Waals surface area contributed by atoms with E-state index in [4.69, 9.17) is 15.9 Å². The highest BCUT2D eigenvalue weighted by Gasteiger charge is 2.41. The molecule has 3 amide bonds. The van der Waals surface area contributed by atoms with Crippen LogP contribution < -0.4 is 15.4 Å². The van der Waals surface area contributed by atoms with Gasteiger partial charge in [-0.3, -0.25) is 9.59 Å². The van der Waals surface area contributed by atoms with Crippen LogP contribution in [0.2, 0.25) is 0 Å². The summed E-state index contributed by atoms with van der Waals surface area (Å²) in [6, 6.07) is 12.0. The van der Waals surface area contributed by atoms with Crippen molar-refractivity contribution >= 4 is 35.4 Å². The van der Waals surface area contributed by atoms with Gasteiger partial charge in [0.05, 0.1) is 7.11 Å². The van der Waals surface area contributed by atoms with Crippen LogP contribution in [0, 0.1) is 12.3 Å². The highest BCUT2D eigenvalue weighted by Crippen LogP contribution is 2.32. The van der Waals surface area contributed by atoms with Crippen molar-refractivity contribution in [2.75, 3.05) is 24.4 Å². The molecule has 0 aliphatic carbocycles. The smallest absolute Gasteiger partial charge is 0.408 e. The largest absolute Gasteiger partial charge is 0.497 e. The zero-order valence-corrected chi connectivity index (χ0v) is 25.5. The minimum atomic E-state index is -1.03. The molecule has 0 spiro atoms. The zero-order valence-electron chi connectivity index (χ0n) is 24.7. The number of thioether (sulfide) groups is 1. The van der Waals surface area contributed by atoms with Crippen LogP contribution in [0.3, 0.4) is 0 Å². The van der Waals surface area contributed by atoms with E-state index in [0.29, 0.717) is 34.7 Å². The fraction of sp³-hybridized carbons (Fsp3) is 0.452. The Morgan fingerprint density at radius 3 is 2.08 bits per heavy atom. The zero-order chi connectivity index (χ0) is 30.1. The first-order valence-electron chi connectivity index (χ1n) is 13.0. The molecule has 0 radical (unpaired) electrons. The lowest BCUT2D eigenvalue weighted by molar-refractivity contribution is -0.146. The third-order valence-corrected chi connectivity index (χ3v) is 6.46. The van der Waals surface area contributed by atoms with Crippen LogP contribution in [-0.2, 0) is 14.3 Å². The van der Waals surface area contributed by atoms with Gasteiger partial charge in [-0.2, -0.15) is 11.8 Å². The van der Waals surface area contributed by atoms with Crippen molar-refractivity contribution in [1.29, 1.82) is 0 Å². The molecule has 0 fully saturated rings. The van der Waals surface area contributed by atoms with E-state index >= 15 is 0 Å². The maximum absolute atomic E-state index is 14.3. The Kier molecular flexibility index (Phi) is 11.5. The monoisotopic (exact) mass is 567 g/mol. The minimum absolute atomic E-state index is 0.356. The van der Waals surface area contributed by atoms with Gasteiger partial charge in [0.15, 0.2) is 0 Å². The average Bonchev–Trinajstić information content (AvgIpc) is 2.88. The van der Waals surface area contributed by atoms with E-state index in [2.05, 4.69) is 16.6 Å². The molecule has 0 heterocycles. The summed E-state index contributed by atoms with van der Waals surface area (Å²) in [6.07, 6.45) is 7.14. The van der Waals surface area contributed by atoms with E-state index in [9.17, 15) is 14.4 Å². The summed E-state index contributed by atoms with van der Waals surface area (Å²) in [5.74, 6) is 3.03. The van der Waals surface area contributed by atoms with Crippen LogP contribution >= 0.6 is 11.8 Å². The minimum Gasteiger partial charge on any atom is -0.497 e. The Bertz CT molecular complexity index is 1190. The molecular weight excluding hydrogens is 526 g/mol. The van der Waals surface area contributed by atoms with Crippen molar-refractivity contribution in [2.24, 2.45) is 0 Å². The molecule has 2 atom stereocenters. The Morgan fingerprint density at radius 1 is 1.00 bits per heavy atom. The number of hydrogen-bond donors (Lipinski definition) is 2. The lowest BCUT2D eigenvalue weighted by atomic mass is 9.94. The molecule has 0 bridgehead atoms. The molecule has 0 aliphatic rings. The molecular formula is C31H41N3O5S. The maximum atomic E-state index is 14.3. The van der Waals surface area contributed by atoms with Crippen LogP contribution in [-0.4, -0.2) is 59.1 Å². The summed E-state index contributed by atoms with van der Waals surface area (Å²) < 4.78 is 10.7. The first kappa shape index (κ1) is 32.6. The molecule has 8 nitrogen and oxygen atoms in total.